The lowest BCUT2D eigenvalue weighted by atomic mass is 9.85. The van der Waals surface area contributed by atoms with Crippen LogP contribution in [-0.2, 0) is 6.54 Å². The number of rotatable bonds is 4. The zero-order chi connectivity index (χ0) is 11.5. The summed E-state index contributed by atoms with van der Waals surface area (Å²) in [6.45, 7) is 1.46. The molecule has 1 aliphatic carbocycles. The molecule has 0 bridgehead atoms. The minimum atomic E-state index is -0.246. The molecule has 1 nitrogen and oxygen atoms in total. The van der Waals surface area contributed by atoms with E-state index in [0.717, 1.165) is 19.4 Å². The Bertz CT molecular complexity index is 364. The molecule has 0 aliphatic heterocycles. The Balaban J connectivity index is 1.76. The van der Waals surface area contributed by atoms with E-state index in [1.165, 1.54) is 6.07 Å². The number of halogens is 3. The molecule has 0 amide bonds. The van der Waals surface area contributed by atoms with Crippen molar-refractivity contribution >= 4 is 23.2 Å². The Labute approximate surface area is 105 Å². The highest BCUT2D eigenvalue weighted by atomic mass is 35.5. The van der Waals surface area contributed by atoms with Crippen molar-refractivity contribution in [2.45, 2.75) is 24.8 Å². The third-order valence-corrected chi connectivity index (χ3v) is 3.53. The van der Waals surface area contributed by atoms with Gasteiger partial charge in [0.05, 0.1) is 0 Å². The molecule has 0 unspecified atom stereocenters. The molecular formula is C12H14Cl2FN. The van der Waals surface area contributed by atoms with Gasteiger partial charge in [-0.15, -0.1) is 11.6 Å². The van der Waals surface area contributed by atoms with Crippen molar-refractivity contribution in [3.05, 3.63) is 34.6 Å². The van der Waals surface area contributed by atoms with Gasteiger partial charge in [0.1, 0.15) is 5.82 Å². The average molecular weight is 262 g/mol. The van der Waals surface area contributed by atoms with Crippen LogP contribution >= 0.6 is 23.2 Å². The lowest BCUT2D eigenvalue weighted by molar-refractivity contribution is 0.308. The van der Waals surface area contributed by atoms with Gasteiger partial charge in [0, 0.05) is 22.5 Å². The molecule has 1 saturated carbocycles. The summed E-state index contributed by atoms with van der Waals surface area (Å²) in [6, 6.07) is 4.77. The molecule has 2 rings (SSSR count). The van der Waals surface area contributed by atoms with E-state index in [0.29, 0.717) is 28.4 Å². The van der Waals surface area contributed by atoms with Crippen molar-refractivity contribution in [2.75, 3.05) is 6.54 Å². The predicted molar refractivity (Wildman–Crippen MR) is 65.5 cm³/mol. The molecule has 1 N–H and O–H groups in total. The quantitative estimate of drug-likeness (QED) is 0.818. The van der Waals surface area contributed by atoms with Gasteiger partial charge >= 0.3 is 0 Å². The van der Waals surface area contributed by atoms with E-state index in [-0.39, 0.29) is 5.82 Å². The molecule has 4 heteroatoms. The maximum Gasteiger partial charge on any atom is 0.129 e. The molecule has 0 heterocycles. The second-order valence-corrected chi connectivity index (χ2v) is 5.35. The molecule has 88 valence electrons. The molecule has 0 atom stereocenters. The third-order valence-electron chi connectivity index (χ3n) is 2.94. The van der Waals surface area contributed by atoms with Crippen molar-refractivity contribution in [3.8, 4) is 0 Å². The zero-order valence-corrected chi connectivity index (χ0v) is 10.4. The van der Waals surface area contributed by atoms with Crippen LogP contribution in [0.25, 0.3) is 0 Å². The van der Waals surface area contributed by atoms with Gasteiger partial charge in [-0.2, -0.15) is 0 Å². The Hall–Kier alpha value is -0.310. The van der Waals surface area contributed by atoms with Crippen molar-refractivity contribution in [1.29, 1.82) is 0 Å². The number of hydrogen-bond acceptors (Lipinski definition) is 1. The van der Waals surface area contributed by atoms with Crippen LogP contribution in [0.4, 0.5) is 4.39 Å². The molecule has 1 fully saturated rings. The summed E-state index contributed by atoms with van der Waals surface area (Å²) >= 11 is 11.6. The van der Waals surface area contributed by atoms with E-state index in [1.807, 2.05) is 0 Å². The van der Waals surface area contributed by atoms with Gasteiger partial charge in [0.15, 0.2) is 0 Å². The second kappa shape index (κ2) is 5.35. The first-order chi connectivity index (χ1) is 7.65. The van der Waals surface area contributed by atoms with Crippen molar-refractivity contribution in [1.82, 2.24) is 5.32 Å². The Morgan fingerprint density at radius 3 is 2.75 bits per heavy atom. The standard InChI is InChI=1S/C12H14Cl2FN/c13-10-2-1-9(12(15)5-10)7-16-6-8-3-11(14)4-8/h1-2,5,8,11,16H,3-4,6-7H2. The Morgan fingerprint density at radius 2 is 2.12 bits per heavy atom. The number of hydrogen-bond donors (Lipinski definition) is 1. The lowest BCUT2D eigenvalue weighted by Crippen LogP contribution is -2.33. The summed E-state index contributed by atoms with van der Waals surface area (Å²) in [4.78, 5) is 0. The fraction of sp³-hybridized carbons (Fsp3) is 0.500. The summed E-state index contributed by atoms with van der Waals surface area (Å²) in [7, 11) is 0. The molecule has 16 heavy (non-hydrogen) atoms. The molecule has 1 aliphatic rings. The van der Waals surface area contributed by atoms with Gasteiger partial charge in [-0.1, -0.05) is 17.7 Å². The van der Waals surface area contributed by atoms with Gasteiger partial charge in [0.2, 0.25) is 0 Å². The minimum absolute atomic E-state index is 0.246. The normalized spacial score (nSPS) is 24.2. The molecule has 0 aromatic heterocycles. The van der Waals surface area contributed by atoms with Crippen LogP contribution in [0.3, 0.4) is 0 Å². The fourth-order valence-electron chi connectivity index (χ4n) is 1.90. The summed E-state index contributed by atoms with van der Waals surface area (Å²) in [5.74, 6) is 0.404. The highest BCUT2D eigenvalue weighted by Gasteiger charge is 2.26. The first-order valence-corrected chi connectivity index (χ1v) is 6.25. The Kier molecular flexibility index (Phi) is 4.06. The smallest absolute Gasteiger partial charge is 0.129 e. The van der Waals surface area contributed by atoms with Crippen LogP contribution in [-0.4, -0.2) is 11.9 Å². The van der Waals surface area contributed by atoms with Crippen molar-refractivity contribution in [3.63, 3.8) is 0 Å². The van der Waals surface area contributed by atoms with E-state index in [9.17, 15) is 4.39 Å². The van der Waals surface area contributed by atoms with Crippen LogP contribution in [0, 0.1) is 11.7 Å². The van der Waals surface area contributed by atoms with Gasteiger partial charge < -0.3 is 5.32 Å². The monoisotopic (exact) mass is 261 g/mol. The summed E-state index contributed by atoms with van der Waals surface area (Å²) < 4.78 is 13.4. The molecule has 0 spiro atoms. The number of benzene rings is 1. The minimum Gasteiger partial charge on any atom is -0.312 e. The number of nitrogens with one attached hydrogen (secondary N) is 1. The average Bonchev–Trinajstić information content (AvgIpc) is 2.18. The van der Waals surface area contributed by atoms with Crippen LogP contribution in [0.5, 0.6) is 0 Å². The van der Waals surface area contributed by atoms with Crippen LogP contribution < -0.4 is 5.32 Å². The van der Waals surface area contributed by atoms with Crippen LogP contribution in [0.1, 0.15) is 18.4 Å². The van der Waals surface area contributed by atoms with Crippen LogP contribution in [0.2, 0.25) is 5.02 Å². The fourth-order valence-corrected chi connectivity index (χ4v) is 2.56. The highest BCUT2D eigenvalue weighted by molar-refractivity contribution is 6.30. The third kappa shape index (κ3) is 3.09. The van der Waals surface area contributed by atoms with E-state index >= 15 is 0 Å². The van der Waals surface area contributed by atoms with Gasteiger partial charge in [-0.05, 0) is 37.4 Å². The highest BCUT2D eigenvalue weighted by Crippen LogP contribution is 2.31. The largest absolute Gasteiger partial charge is 0.312 e. The van der Waals surface area contributed by atoms with Gasteiger partial charge in [-0.25, -0.2) is 4.39 Å². The summed E-state index contributed by atoms with van der Waals surface area (Å²) in [5.41, 5.74) is 0.658. The first-order valence-electron chi connectivity index (χ1n) is 5.44. The Morgan fingerprint density at radius 1 is 1.38 bits per heavy atom. The van der Waals surface area contributed by atoms with Gasteiger partial charge in [-0.3, -0.25) is 0 Å². The van der Waals surface area contributed by atoms with Crippen molar-refractivity contribution < 1.29 is 4.39 Å². The SMILES string of the molecule is Fc1cc(Cl)ccc1CNCC1CC(Cl)C1. The second-order valence-electron chi connectivity index (χ2n) is 4.30. The predicted octanol–water partition coefficient (Wildman–Crippen LogP) is 3.59. The first kappa shape index (κ1) is 12.2. The summed E-state index contributed by atoms with van der Waals surface area (Å²) in [6.07, 6.45) is 2.13. The lowest BCUT2D eigenvalue weighted by Gasteiger charge is -2.31. The number of alkyl halides is 1. The van der Waals surface area contributed by atoms with Crippen molar-refractivity contribution in [2.24, 2.45) is 5.92 Å². The molecule has 0 radical (unpaired) electrons. The molecule has 1 aromatic carbocycles. The van der Waals surface area contributed by atoms with E-state index in [2.05, 4.69) is 5.32 Å². The maximum absolute atomic E-state index is 13.4. The van der Waals surface area contributed by atoms with E-state index in [1.54, 1.807) is 12.1 Å². The molecular weight excluding hydrogens is 248 g/mol. The van der Waals surface area contributed by atoms with E-state index in [4.69, 9.17) is 23.2 Å². The molecule has 0 saturated heterocycles. The zero-order valence-electron chi connectivity index (χ0n) is 8.85. The van der Waals surface area contributed by atoms with Gasteiger partial charge in [0.25, 0.3) is 0 Å². The topological polar surface area (TPSA) is 12.0 Å². The summed E-state index contributed by atoms with van der Waals surface area (Å²) in [5, 5.41) is 4.02. The maximum atomic E-state index is 13.4. The molecule has 1 aromatic rings. The van der Waals surface area contributed by atoms with E-state index < -0.39 is 0 Å². The van der Waals surface area contributed by atoms with Crippen LogP contribution in [0.15, 0.2) is 18.2 Å².